The minimum atomic E-state index is 0.408. The molecule has 0 saturated carbocycles. The van der Waals surface area contributed by atoms with Crippen molar-refractivity contribution in [1.29, 1.82) is 5.26 Å². The summed E-state index contributed by atoms with van der Waals surface area (Å²) in [5.41, 5.74) is 4.88. The van der Waals surface area contributed by atoms with Crippen molar-refractivity contribution in [3.8, 4) is 22.2 Å². The summed E-state index contributed by atoms with van der Waals surface area (Å²) in [5, 5.41) is 11.5. The van der Waals surface area contributed by atoms with E-state index < -0.39 is 0 Å². The van der Waals surface area contributed by atoms with Gasteiger partial charge < -0.3 is 4.57 Å². The van der Waals surface area contributed by atoms with Gasteiger partial charge >= 0.3 is 0 Å². The third-order valence-electron chi connectivity index (χ3n) is 3.63. The lowest BCUT2D eigenvalue weighted by atomic mass is 10.1. The summed E-state index contributed by atoms with van der Waals surface area (Å²) < 4.78 is 1.98. The Morgan fingerprint density at radius 1 is 1.17 bits per heavy atom. The van der Waals surface area contributed by atoms with E-state index >= 15 is 0 Å². The topological polar surface area (TPSA) is 47.2 Å². The van der Waals surface area contributed by atoms with E-state index in [2.05, 4.69) is 23.9 Å². The molecule has 0 amide bonds. The Kier molecular flexibility index (Phi) is 4.58. The number of benzene rings is 1. The highest BCUT2D eigenvalue weighted by Gasteiger charge is 2.13. The van der Waals surface area contributed by atoms with Gasteiger partial charge in [-0.1, -0.05) is 12.1 Å². The molecular formula is C18H16N2O2S. The van der Waals surface area contributed by atoms with Gasteiger partial charge in [0.05, 0.1) is 12.7 Å². The molecule has 3 rings (SSSR count). The summed E-state index contributed by atoms with van der Waals surface area (Å²) in [7, 11) is 1.49. The third kappa shape index (κ3) is 3.20. The van der Waals surface area contributed by atoms with Crippen LogP contribution in [-0.4, -0.2) is 11.7 Å². The molecule has 0 radical (unpaired) electrons. The van der Waals surface area contributed by atoms with Crippen LogP contribution in [-0.2, 0) is 16.4 Å². The SMILES string of the molecule is COOCc1ccc(-n2cc(C#N)c(-c3sccc3C)c2)cc1. The predicted molar refractivity (Wildman–Crippen MR) is 90.3 cm³/mol. The van der Waals surface area contributed by atoms with E-state index in [9.17, 15) is 5.26 Å². The van der Waals surface area contributed by atoms with Gasteiger partial charge in [-0.3, -0.25) is 0 Å². The molecule has 0 spiro atoms. The van der Waals surface area contributed by atoms with E-state index in [1.165, 1.54) is 12.7 Å². The summed E-state index contributed by atoms with van der Waals surface area (Å²) in [5.74, 6) is 0. The normalized spacial score (nSPS) is 10.7. The number of nitriles is 1. The summed E-state index contributed by atoms with van der Waals surface area (Å²) in [6.07, 6.45) is 3.88. The van der Waals surface area contributed by atoms with Gasteiger partial charge in [0, 0.05) is 28.5 Å². The van der Waals surface area contributed by atoms with Crippen LogP contribution in [0.4, 0.5) is 0 Å². The van der Waals surface area contributed by atoms with Crippen molar-refractivity contribution in [3.63, 3.8) is 0 Å². The van der Waals surface area contributed by atoms with Gasteiger partial charge in [-0.2, -0.15) is 5.26 Å². The molecule has 0 unspecified atom stereocenters. The van der Waals surface area contributed by atoms with Crippen LogP contribution >= 0.6 is 11.3 Å². The van der Waals surface area contributed by atoms with Crippen molar-refractivity contribution in [1.82, 2.24) is 4.57 Å². The molecule has 5 heteroatoms. The number of thiophene rings is 1. The molecule has 0 fully saturated rings. The Morgan fingerprint density at radius 2 is 1.96 bits per heavy atom. The lowest BCUT2D eigenvalue weighted by molar-refractivity contribution is -0.282. The maximum atomic E-state index is 9.42. The van der Waals surface area contributed by atoms with Crippen LogP contribution in [0.15, 0.2) is 48.1 Å². The molecule has 2 heterocycles. The van der Waals surface area contributed by atoms with Crippen LogP contribution in [0.3, 0.4) is 0 Å². The fourth-order valence-electron chi connectivity index (χ4n) is 2.41. The van der Waals surface area contributed by atoms with E-state index in [0.717, 1.165) is 21.7 Å². The molecule has 1 aromatic carbocycles. The number of aromatic nitrogens is 1. The second kappa shape index (κ2) is 6.80. The minimum absolute atomic E-state index is 0.408. The van der Waals surface area contributed by atoms with Crippen LogP contribution < -0.4 is 0 Å². The Hall–Kier alpha value is -2.39. The quantitative estimate of drug-likeness (QED) is 0.514. The summed E-state index contributed by atoms with van der Waals surface area (Å²) in [6.45, 7) is 2.47. The van der Waals surface area contributed by atoms with Crippen molar-refractivity contribution < 1.29 is 9.78 Å². The van der Waals surface area contributed by atoms with Crippen LogP contribution in [0.25, 0.3) is 16.1 Å². The number of nitrogens with zero attached hydrogens (tertiary/aromatic N) is 2. The fourth-order valence-corrected chi connectivity index (χ4v) is 3.37. The van der Waals surface area contributed by atoms with Gasteiger partial charge in [0.25, 0.3) is 0 Å². The number of aryl methyl sites for hydroxylation is 1. The monoisotopic (exact) mass is 324 g/mol. The predicted octanol–water partition coefficient (Wildman–Crippen LogP) is 4.46. The molecule has 3 aromatic rings. The van der Waals surface area contributed by atoms with Crippen molar-refractivity contribution in [3.05, 3.63) is 64.8 Å². The second-order valence-corrected chi connectivity index (χ2v) is 6.05. The molecule has 0 saturated heterocycles. The van der Waals surface area contributed by atoms with Crippen LogP contribution in [0.1, 0.15) is 16.7 Å². The van der Waals surface area contributed by atoms with Crippen molar-refractivity contribution in [2.45, 2.75) is 13.5 Å². The van der Waals surface area contributed by atoms with Crippen molar-refractivity contribution in [2.24, 2.45) is 0 Å². The zero-order valence-corrected chi connectivity index (χ0v) is 13.8. The zero-order chi connectivity index (χ0) is 16.2. The smallest absolute Gasteiger partial charge is 0.107 e. The molecule has 0 aliphatic heterocycles. The average molecular weight is 324 g/mol. The van der Waals surface area contributed by atoms with Gasteiger partial charge in [-0.05, 0) is 41.6 Å². The first kappa shape index (κ1) is 15.5. The zero-order valence-electron chi connectivity index (χ0n) is 12.9. The first-order chi connectivity index (χ1) is 11.2. The van der Waals surface area contributed by atoms with E-state index in [1.807, 2.05) is 46.6 Å². The molecule has 0 aliphatic carbocycles. The van der Waals surface area contributed by atoms with E-state index in [4.69, 9.17) is 4.89 Å². The molecule has 4 nitrogen and oxygen atoms in total. The molecule has 0 N–H and O–H groups in total. The Bertz CT molecular complexity index is 841. The van der Waals surface area contributed by atoms with Gasteiger partial charge in [0.2, 0.25) is 0 Å². The second-order valence-electron chi connectivity index (χ2n) is 5.13. The number of hydrogen-bond donors (Lipinski definition) is 0. The van der Waals surface area contributed by atoms with Gasteiger partial charge in [-0.15, -0.1) is 11.3 Å². The van der Waals surface area contributed by atoms with Crippen LogP contribution in [0, 0.1) is 18.3 Å². The summed E-state index contributed by atoms with van der Waals surface area (Å²) in [6, 6.07) is 12.3. The standard InChI is InChI=1S/C18H16N2O2S/c1-13-7-8-23-18(13)17-11-20(10-15(17)9-19)16-5-3-14(4-6-16)12-22-21-2/h3-8,10-11H,12H2,1-2H3. The Morgan fingerprint density at radius 3 is 2.57 bits per heavy atom. The highest BCUT2D eigenvalue weighted by Crippen LogP contribution is 2.33. The maximum Gasteiger partial charge on any atom is 0.107 e. The molecule has 2 aromatic heterocycles. The highest BCUT2D eigenvalue weighted by atomic mass is 32.1. The number of rotatable bonds is 5. The van der Waals surface area contributed by atoms with Gasteiger partial charge in [0.1, 0.15) is 12.7 Å². The van der Waals surface area contributed by atoms with Crippen LogP contribution in [0.5, 0.6) is 0 Å². The summed E-state index contributed by atoms with van der Waals surface area (Å²) in [4.78, 5) is 10.7. The molecule has 0 aliphatic rings. The Labute approximate surface area is 139 Å². The largest absolute Gasteiger partial charge is 0.322 e. The van der Waals surface area contributed by atoms with E-state index in [0.29, 0.717) is 12.2 Å². The van der Waals surface area contributed by atoms with Crippen molar-refractivity contribution >= 4 is 11.3 Å². The first-order valence-electron chi connectivity index (χ1n) is 7.14. The van der Waals surface area contributed by atoms with Crippen molar-refractivity contribution in [2.75, 3.05) is 7.11 Å². The molecule has 0 atom stereocenters. The molecule has 116 valence electrons. The lowest BCUT2D eigenvalue weighted by Gasteiger charge is -2.05. The lowest BCUT2D eigenvalue weighted by Crippen LogP contribution is -1.93. The molecular weight excluding hydrogens is 308 g/mol. The molecule has 0 bridgehead atoms. The first-order valence-corrected chi connectivity index (χ1v) is 8.02. The van der Waals surface area contributed by atoms with E-state index in [1.54, 1.807) is 11.3 Å². The van der Waals surface area contributed by atoms with Gasteiger partial charge in [-0.25, -0.2) is 9.78 Å². The average Bonchev–Trinajstić information content (AvgIpc) is 3.19. The Balaban J connectivity index is 1.94. The number of hydrogen-bond acceptors (Lipinski definition) is 4. The van der Waals surface area contributed by atoms with Gasteiger partial charge in [0.15, 0.2) is 0 Å². The van der Waals surface area contributed by atoms with Crippen LogP contribution in [0.2, 0.25) is 0 Å². The third-order valence-corrected chi connectivity index (χ3v) is 4.68. The minimum Gasteiger partial charge on any atom is -0.322 e. The summed E-state index contributed by atoms with van der Waals surface area (Å²) >= 11 is 1.66. The highest BCUT2D eigenvalue weighted by molar-refractivity contribution is 7.13. The molecule has 23 heavy (non-hydrogen) atoms. The van der Waals surface area contributed by atoms with E-state index in [-0.39, 0.29) is 0 Å². The fraction of sp³-hybridized carbons (Fsp3) is 0.167. The maximum absolute atomic E-state index is 9.42.